The molecule has 0 saturated heterocycles. The van der Waals surface area contributed by atoms with Crippen molar-refractivity contribution in [2.45, 2.75) is 19.3 Å². The molecule has 2 heteroatoms. The number of nitrogens with zero attached hydrogens (tertiary/aromatic N) is 2. The van der Waals surface area contributed by atoms with Crippen molar-refractivity contribution in [2.24, 2.45) is 0 Å². The van der Waals surface area contributed by atoms with Crippen molar-refractivity contribution >= 4 is 43.6 Å². The fraction of sp³-hybridized carbons (Fsp3) is 0.0476. The number of fused-ring (bicyclic) bond motifs is 9. The molecule has 12 aromatic rings. The summed E-state index contributed by atoms with van der Waals surface area (Å²) >= 11 is 0. The first-order valence-corrected chi connectivity index (χ1v) is 22.7. The molecule has 2 aromatic heterocycles. The van der Waals surface area contributed by atoms with Gasteiger partial charge in [-0.05, 0) is 140 Å². The van der Waals surface area contributed by atoms with Crippen LogP contribution in [0.3, 0.4) is 0 Å². The Morgan fingerprint density at radius 3 is 0.969 bits per heavy atom. The van der Waals surface area contributed by atoms with Gasteiger partial charge in [0.1, 0.15) is 0 Å². The first-order valence-electron chi connectivity index (χ1n) is 22.7. The third-order valence-corrected chi connectivity index (χ3v) is 14.2. The fourth-order valence-corrected chi connectivity index (χ4v) is 10.8. The topological polar surface area (TPSA) is 9.86 Å². The van der Waals surface area contributed by atoms with Crippen molar-refractivity contribution in [3.63, 3.8) is 0 Å². The molecule has 0 atom stereocenters. The summed E-state index contributed by atoms with van der Waals surface area (Å²) in [6, 6.07) is 85.0. The largest absolute Gasteiger partial charge is 0.309 e. The molecule has 0 amide bonds. The van der Waals surface area contributed by atoms with Gasteiger partial charge in [0.05, 0.1) is 22.1 Å². The molecule has 0 N–H and O–H groups in total. The maximum atomic E-state index is 2.43. The van der Waals surface area contributed by atoms with E-state index in [9.17, 15) is 0 Å². The molecule has 0 aliphatic heterocycles. The summed E-state index contributed by atoms with van der Waals surface area (Å²) in [6.07, 6.45) is 0. The van der Waals surface area contributed by atoms with E-state index in [2.05, 4.69) is 254 Å². The van der Waals surface area contributed by atoms with Gasteiger partial charge < -0.3 is 9.13 Å². The molecular weight excluding hydrogens is 785 g/mol. The fourth-order valence-electron chi connectivity index (χ4n) is 10.8. The average Bonchev–Trinajstić information content (AvgIpc) is 3.96. The smallest absolute Gasteiger partial charge is 0.0541 e. The van der Waals surface area contributed by atoms with Crippen molar-refractivity contribution in [1.82, 2.24) is 9.13 Å². The summed E-state index contributed by atoms with van der Waals surface area (Å²) in [5, 5.41) is 5.07. The molecule has 13 rings (SSSR count). The monoisotopic (exact) mass is 828 g/mol. The van der Waals surface area contributed by atoms with Gasteiger partial charge in [0.2, 0.25) is 0 Å². The van der Waals surface area contributed by atoms with Gasteiger partial charge in [-0.1, -0.05) is 172 Å². The van der Waals surface area contributed by atoms with E-state index in [1.54, 1.807) is 0 Å². The number of aromatic nitrogens is 2. The minimum atomic E-state index is -0.140. The highest BCUT2D eigenvalue weighted by Gasteiger charge is 2.36. The molecule has 306 valence electrons. The van der Waals surface area contributed by atoms with Gasteiger partial charge in [-0.2, -0.15) is 0 Å². The number of benzene rings is 10. The second-order valence-corrected chi connectivity index (χ2v) is 18.1. The second kappa shape index (κ2) is 14.4. The van der Waals surface area contributed by atoms with E-state index in [0.717, 1.165) is 0 Å². The van der Waals surface area contributed by atoms with Crippen LogP contribution in [0.5, 0.6) is 0 Å². The summed E-state index contributed by atoms with van der Waals surface area (Å²) in [4.78, 5) is 0. The molecule has 2 heterocycles. The van der Waals surface area contributed by atoms with Crippen LogP contribution in [0.25, 0.3) is 111 Å². The molecular formula is C63H44N2. The minimum absolute atomic E-state index is 0.140. The van der Waals surface area contributed by atoms with Gasteiger partial charge in [-0.25, -0.2) is 0 Å². The van der Waals surface area contributed by atoms with Crippen molar-refractivity contribution in [1.29, 1.82) is 0 Å². The molecule has 1 aliphatic rings. The molecule has 0 radical (unpaired) electrons. The standard InChI is InChI=1S/C63H44N2/c1-63(2)57-39-47(43-25-21-41(22-26-43)45-31-35-61-55(37-45)53-17-9-11-19-59(53)64(61)49-13-5-3-6-14-49)29-33-51(57)52-34-30-48(40-58(52)63)44-27-23-42(24-28-44)46-32-36-62-56(38-46)54-18-10-12-20-60(54)65(62)50-15-7-4-8-16-50/h3-40H,1-2H3. The summed E-state index contributed by atoms with van der Waals surface area (Å²) in [5.74, 6) is 0. The molecule has 0 unspecified atom stereocenters. The zero-order chi connectivity index (χ0) is 43.2. The maximum absolute atomic E-state index is 2.43. The lowest BCUT2D eigenvalue weighted by Gasteiger charge is -2.22. The first kappa shape index (κ1) is 37.4. The average molecular weight is 829 g/mol. The molecule has 1 aliphatic carbocycles. The van der Waals surface area contributed by atoms with E-state index < -0.39 is 0 Å². The Balaban J connectivity index is 0.779. The zero-order valence-corrected chi connectivity index (χ0v) is 36.3. The predicted molar refractivity (Wildman–Crippen MR) is 274 cm³/mol. The van der Waals surface area contributed by atoms with Crippen molar-refractivity contribution in [3.8, 4) is 67.0 Å². The molecule has 0 fully saturated rings. The molecule has 65 heavy (non-hydrogen) atoms. The van der Waals surface area contributed by atoms with Gasteiger partial charge in [-0.15, -0.1) is 0 Å². The van der Waals surface area contributed by atoms with E-state index in [1.807, 2.05) is 0 Å². The number of para-hydroxylation sites is 4. The highest BCUT2D eigenvalue weighted by molar-refractivity contribution is 6.11. The molecule has 0 spiro atoms. The van der Waals surface area contributed by atoms with E-state index in [0.29, 0.717) is 0 Å². The molecule has 0 saturated carbocycles. The molecule has 0 bridgehead atoms. The lowest BCUT2D eigenvalue weighted by atomic mass is 9.80. The van der Waals surface area contributed by atoms with Crippen LogP contribution in [-0.4, -0.2) is 9.13 Å². The lowest BCUT2D eigenvalue weighted by molar-refractivity contribution is 0.661. The molecule has 2 nitrogen and oxygen atoms in total. The van der Waals surface area contributed by atoms with E-state index in [1.165, 1.54) is 122 Å². The van der Waals surface area contributed by atoms with E-state index in [4.69, 9.17) is 0 Å². The summed E-state index contributed by atoms with van der Waals surface area (Å²) in [5.41, 5.74) is 22.4. The van der Waals surface area contributed by atoms with E-state index >= 15 is 0 Å². The third-order valence-electron chi connectivity index (χ3n) is 14.2. The minimum Gasteiger partial charge on any atom is -0.309 e. The van der Waals surface area contributed by atoms with Gasteiger partial charge >= 0.3 is 0 Å². The summed E-state index contributed by atoms with van der Waals surface area (Å²) < 4.78 is 4.75. The van der Waals surface area contributed by atoms with Crippen molar-refractivity contribution in [3.05, 3.63) is 242 Å². The maximum Gasteiger partial charge on any atom is 0.0541 e. The van der Waals surface area contributed by atoms with Crippen molar-refractivity contribution < 1.29 is 0 Å². The number of hydrogen-bond donors (Lipinski definition) is 0. The zero-order valence-electron chi connectivity index (χ0n) is 36.3. The number of hydrogen-bond acceptors (Lipinski definition) is 0. The third kappa shape index (κ3) is 5.88. The van der Waals surface area contributed by atoms with Crippen LogP contribution in [0, 0.1) is 0 Å². The van der Waals surface area contributed by atoms with Crippen LogP contribution in [0.4, 0.5) is 0 Å². The predicted octanol–water partition coefficient (Wildman–Crippen LogP) is 16.9. The Labute approximate surface area is 378 Å². The quantitative estimate of drug-likeness (QED) is 0.158. The van der Waals surface area contributed by atoms with Gasteiger partial charge in [0.25, 0.3) is 0 Å². The first-order chi connectivity index (χ1) is 32.0. The normalized spacial score (nSPS) is 12.9. The SMILES string of the molecule is CC1(C)c2cc(-c3ccc(-c4ccc5c(c4)c4ccccc4n5-c4ccccc4)cc3)ccc2-c2ccc(-c3ccc(-c4ccc5c(c4)c4ccccc4n5-c4ccccc4)cc3)cc21. The highest BCUT2D eigenvalue weighted by Crippen LogP contribution is 2.51. The van der Waals surface area contributed by atoms with Crippen LogP contribution in [0.1, 0.15) is 25.0 Å². The Morgan fingerprint density at radius 1 is 0.262 bits per heavy atom. The van der Waals surface area contributed by atoms with Crippen LogP contribution in [-0.2, 0) is 5.41 Å². The Hall–Kier alpha value is -8.20. The van der Waals surface area contributed by atoms with Crippen molar-refractivity contribution in [2.75, 3.05) is 0 Å². The summed E-state index contributed by atoms with van der Waals surface area (Å²) in [6.45, 7) is 4.76. The van der Waals surface area contributed by atoms with Gasteiger partial charge in [0, 0.05) is 38.3 Å². The Bertz CT molecular complexity index is 3560. The highest BCUT2D eigenvalue weighted by atomic mass is 15.0. The summed E-state index contributed by atoms with van der Waals surface area (Å²) in [7, 11) is 0. The van der Waals surface area contributed by atoms with E-state index in [-0.39, 0.29) is 5.41 Å². The van der Waals surface area contributed by atoms with Gasteiger partial charge in [0.15, 0.2) is 0 Å². The lowest BCUT2D eigenvalue weighted by Crippen LogP contribution is -2.15. The van der Waals surface area contributed by atoms with Gasteiger partial charge in [-0.3, -0.25) is 0 Å². The van der Waals surface area contributed by atoms with Crippen LogP contribution in [0.15, 0.2) is 231 Å². The Kier molecular flexibility index (Phi) is 8.29. The second-order valence-electron chi connectivity index (χ2n) is 18.1. The Morgan fingerprint density at radius 2 is 0.569 bits per heavy atom. The van der Waals surface area contributed by atoms with Crippen LogP contribution >= 0.6 is 0 Å². The molecule has 10 aromatic carbocycles. The van der Waals surface area contributed by atoms with Crippen LogP contribution < -0.4 is 0 Å². The van der Waals surface area contributed by atoms with Crippen LogP contribution in [0.2, 0.25) is 0 Å². The number of rotatable bonds is 6.